The maximum Gasteiger partial charge on any atom is 0.209 e. The summed E-state index contributed by atoms with van der Waals surface area (Å²) in [5.41, 5.74) is 0. The number of rotatable bonds is 4. The molecular weight excluding hydrogens is 154 g/mol. The minimum atomic E-state index is 0.319. The van der Waals surface area contributed by atoms with Crippen LogP contribution in [0, 0.1) is 0 Å². The third-order valence-electron chi connectivity index (χ3n) is 2.08. The lowest BCUT2D eigenvalue weighted by atomic mass is 10.1. The molecule has 1 aliphatic heterocycles. The van der Waals surface area contributed by atoms with E-state index < -0.39 is 0 Å². The van der Waals surface area contributed by atoms with Crippen molar-refractivity contribution in [2.45, 2.75) is 18.9 Å². The van der Waals surface area contributed by atoms with Gasteiger partial charge in [-0.05, 0) is 12.8 Å². The second-order valence-electron chi connectivity index (χ2n) is 2.96. The van der Waals surface area contributed by atoms with Crippen LogP contribution in [0.2, 0.25) is 0 Å². The van der Waals surface area contributed by atoms with Crippen LogP contribution in [0.3, 0.4) is 0 Å². The summed E-state index contributed by atoms with van der Waals surface area (Å²) in [6, 6.07) is 0. The highest BCUT2D eigenvalue weighted by Crippen LogP contribution is 2.11. The number of hydrogen-bond acceptors (Lipinski definition) is 2. The van der Waals surface area contributed by atoms with Gasteiger partial charge in [0.05, 0.1) is 12.7 Å². The van der Waals surface area contributed by atoms with Crippen molar-refractivity contribution in [3.63, 3.8) is 0 Å². The molecule has 1 amide bonds. The van der Waals surface area contributed by atoms with E-state index in [-0.39, 0.29) is 0 Å². The fraction of sp³-hybridized carbons (Fsp3) is 0.667. The van der Waals surface area contributed by atoms with Crippen LogP contribution >= 0.6 is 0 Å². The largest absolute Gasteiger partial charge is 0.374 e. The van der Waals surface area contributed by atoms with E-state index in [0.29, 0.717) is 12.7 Å². The summed E-state index contributed by atoms with van der Waals surface area (Å²) < 4.78 is 5.46. The van der Waals surface area contributed by atoms with Crippen LogP contribution in [-0.2, 0) is 9.53 Å². The number of nitrogens with zero attached hydrogens (tertiary/aromatic N) is 1. The molecule has 0 spiro atoms. The highest BCUT2D eigenvalue weighted by atomic mass is 16.5. The van der Waals surface area contributed by atoms with Gasteiger partial charge in [-0.2, -0.15) is 0 Å². The molecule has 3 nitrogen and oxygen atoms in total. The van der Waals surface area contributed by atoms with Crippen LogP contribution in [0.4, 0.5) is 0 Å². The van der Waals surface area contributed by atoms with Crippen LogP contribution in [0.5, 0.6) is 0 Å². The summed E-state index contributed by atoms with van der Waals surface area (Å²) in [5.74, 6) is 0. The maximum absolute atomic E-state index is 10.3. The Morgan fingerprint density at radius 1 is 1.50 bits per heavy atom. The number of hydrogen-bond donors (Lipinski definition) is 0. The highest BCUT2D eigenvalue weighted by molar-refractivity contribution is 5.47. The van der Waals surface area contributed by atoms with Gasteiger partial charge in [0.2, 0.25) is 6.41 Å². The zero-order valence-corrected chi connectivity index (χ0v) is 7.24. The van der Waals surface area contributed by atoms with Crippen LogP contribution in [-0.4, -0.2) is 37.1 Å². The molecule has 68 valence electrons. The monoisotopic (exact) mass is 169 g/mol. The van der Waals surface area contributed by atoms with Gasteiger partial charge in [0.25, 0.3) is 0 Å². The Hall–Kier alpha value is -0.830. The molecule has 0 aromatic rings. The van der Waals surface area contributed by atoms with E-state index in [9.17, 15) is 4.79 Å². The van der Waals surface area contributed by atoms with Crippen molar-refractivity contribution in [2.75, 3.05) is 19.7 Å². The van der Waals surface area contributed by atoms with Crippen LogP contribution in [0.25, 0.3) is 0 Å². The van der Waals surface area contributed by atoms with Crippen molar-refractivity contribution in [1.82, 2.24) is 4.90 Å². The molecule has 1 saturated heterocycles. The van der Waals surface area contributed by atoms with Crippen LogP contribution < -0.4 is 0 Å². The molecular formula is C9H15NO2. The van der Waals surface area contributed by atoms with Gasteiger partial charge in [-0.1, -0.05) is 6.08 Å². The van der Waals surface area contributed by atoms with Gasteiger partial charge >= 0.3 is 0 Å². The normalized spacial score (nSPS) is 19.2. The van der Waals surface area contributed by atoms with E-state index in [4.69, 9.17) is 4.74 Å². The predicted molar refractivity (Wildman–Crippen MR) is 46.8 cm³/mol. The first-order valence-electron chi connectivity index (χ1n) is 4.28. The second kappa shape index (κ2) is 4.93. The summed E-state index contributed by atoms with van der Waals surface area (Å²) in [6.07, 6.45) is 4.88. The number of piperidine rings is 1. The molecule has 0 aromatic carbocycles. The van der Waals surface area contributed by atoms with E-state index >= 15 is 0 Å². The number of carbonyl (C=O) groups excluding carboxylic acids is 1. The minimum Gasteiger partial charge on any atom is -0.374 e. The third kappa shape index (κ3) is 2.66. The quantitative estimate of drug-likeness (QED) is 0.460. The summed E-state index contributed by atoms with van der Waals surface area (Å²) >= 11 is 0. The Bertz CT molecular complexity index is 151. The summed E-state index contributed by atoms with van der Waals surface area (Å²) in [4.78, 5) is 12.1. The van der Waals surface area contributed by atoms with Crippen molar-refractivity contribution in [2.24, 2.45) is 0 Å². The molecule has 0 aromatic heterocycles. The maximum atomic E-state index is 10.3. The Labute approximate surface area is 73.0 Å². The van der Waals surface area contributed by atoms with Crippen molar-refractivity contribution < 1.29 is 9.53 Å². The Kier molecular flexibility index (Phi) is 3.80. The molecule has 12 heavy (non-hydrogen) atoms. The summed E-state index contributed by atoms with van der Waals surface area (Å²) in [7, 11) is 0. The van der Waals surface area contributed by atoms with Crippen LogP contribution in [0.15, 0.2) is 12.7 Å². The smallest absolute Gasteiger partial charge is 0.209 e. The molecule has 0 atom stereocenters. The van der Waals surface area contributed by atoms with E-state index in [1.807, 2.05) is 0 Å². The van der Waals surface area contributed by atoms with Crippen molar-refractivity contribution >= 4 is 6.41 Å². The molecule has 1 aliphatic rings. The fourth-order valence-corrected chi connectivity index (χ4v) is 1.35. The topological polar surface area (TPSA) is 29.5 Å². The lowest BCUT2D eigenvalue weighted by molar-refractivity contribution is -0.120. The Balaban J connectivity index is 2.16. The number of amides is 1. The molecule has 3 heteroatoms. The van der Waals surface area contributed by atoms with Crippen molar-refractivity contribution in [3.05, 3.63) is 12.7 Å². The van der Waals surface area contributed by atoms with Gasteiger partial charge in [-0.3, -0.25) is 4.79 Å². The zero-order valence-electron chi connectivity index (χ0n) is 7.24. The minimum absolute atomic E-state index is 0.319. The fourth-order valence-electron chi connectivity index (χ4n) is 1.35. The SMILES string of the molecule is C=CCOC1CCN(C=O)CC1. The van der Waals surface area contributed by atoms with Gasteiger partial charge in [0, 0.05) is 13.1 Å². The summed E-state index contributed by atoms with van der Waals surface area (Å²) in [5, 5.41) is 0. The lowest BCUT2D eigenvalue weighted by Gasteiger charge is -2.28. The number of likely N-dealkylation sites (tertiary alicyclic amines) is 1. The van der Waals surface area contributed by atoms with E-state index in [1.165, 1.54) is 0 Å². The molecule has 0 N–H and O–H groups in total. The highest BCUT2D eigenvalue weighted by Gasteiger charge is 2.17. The first-order chi connectivity index (χ1) is 5.86. The van der Waals surface area contributed by atoms with E-state index in [0.717, 1.165) is 32.3 Å². The molecule has 0 bridgehead atoms. The van der Waals surface area contributed by atoms with Gasteiger partial charge < -0.3 is 9.64 Å². The molecule has 0 aliphatic carbocycles. The van der Waals surface area contributed by atoms with Gasteiger partial charge in [-0.15, -0.1) is 6.58 Å². The van der Waals surface area contributed by atoms with E-state index in [1.54, 1.807) is 11.0 Å². The number of carbonyl (C=O) groups is 1. The molecule has 1 rings (SSSR count). The molecule has 0 saturated carbocycles. The van der Waals surface area contributed by atoms with Gasteiger partial charge in [0.15, 0.2) is 0 Å². The second-order valence-corrected chi connectivity index (χ2v) is 2.96. The van der Waals surface area contributed by atoms with Crippen molar-refractivity contribution in [3.8, 4) is 0 Å². The van der Waals surface area contributed by atoms with Gasteiger partial charge in [0.1, 0.15) is 0 Å². The Morgan fingerprint density at radius 3 is 2.67 bits per heavy atom. The molecule has 1 heterocycles. The third-order valence-corrected chi connectivity index (χ3v) is 2.08. The molecule has 1 fully saturated rings. The molecule has 0 radical (unpaired) electrons. The summed E-state index contributed by atoms with van der Waals surface area (Å²) in [6.45, 7) is 5.85. The average molecular weight is 169 g/mol. The molecule has 0 unspecified atom stereocenters. The zero-order chi connectivity index (χ0) is 8.81. The lowest BCUT2D eigenvalue weighted by Crippen LogP contribution is -2.36. The predicted octanol–water partition coefficient (Wildman–Crippen LogP) is 0.810. The van der Waals surface area contributed by atoms with Crippen molar-refractivity contribution in [1.29, 1.82) is 0 Å². The van der Waals surface area contributed by atoms with Gasteiger partial charge in [-0.25, -0.2) is 0 Å². The first-order valence-corrected chi connectivity index (χ1v) is 4.28. The average Bonchev–Trinajstić information content (AvgIpc) is 2.15. The Morgan fingerprint density at radius 2 is 2.17 bits per heavy atom. The van der Waals surface area contributed by atoms with Crippen LogP contribution in [0.1, 0.15) is 12.8 Å². The standard InChI is InChI=1S/C9H15NO2/c1-2-7-12-9-3-5-10(8-11)6-4-9/h2,8-9H,1,3-7H2. The van der Waals surface area contributed by atoms with E-state index in [2.05, 4.69) is 6.58 Å². The number of ether oxygens (including phenoxy) is 1. The first kappa shape index (κ1) is 9.26.